The minimum atomic E-state index is -0.364. The van der Waals surface area contributed by atoms with Gasteiger partial charge in [-0.3, -0.25) is 14.5 Å². The van der Waals surface area contributed by atoms with E-state index >= 15 is 0 Å². The lowest BCUT2D eigenvalue weighted by Crippen LogP contribution is -2.50. The van der Waals surface area contributed by atoms with E-state index in [0.29, 0.717) is 35.4 Å². The molecule has 4 aliphatic rings. The van der Waals surface area contributed by atoms with Crippen LogP contribution in [0.2, 0.25) is 0 Å². The summed E-state index contributed by atoms with van der Waals surface area (Å²) in [7, 11) is 0. The molecular weight excluding hydrogens is 356 g/mol. The van der Waals surface area contributed by atoms with Gasteiger partial charge in [0.2, 0.25) is 0 Å². The lowest BCUT2D eigenvalue weighted by Gasteiger charge is -2.41. The van der Waals surface area contributed by atoms with Crippen molar-refractivity contribution in [1.82, 2.24) is 10.2 Å². The number of alkyl carbamates (subject to hydrolysis) is 1. The molecule has 0 radical (unpaired) electrons. The molecule has 5 unspecified atom stereocenters. The summed E-state index contributed by atoms with van der Waals surface area (Å²) < 4.78 is 5.70. The minimum absolute atomic E-state index is 0.0747. The highest BCUT2D eigenvalue weighted by Crippen LogP contribution is 2.56. The van der Waals surface area contributed by atoms with Crippen LogP contribution in [0.3, 0.4) is 0 Å². The van der Waals surface area contributed by atoms with Gasteiger partial charge in [-0.15, -0.1) is 0 Å². The van der Waals surface area contributed by atoms with Crippen molar-refractivity contribution in [1.29, 1.82) is 0 Å². The van der Waals surface area contributed by atoms with E-state index in [0.717, 1.165) is 32.1 Å². The van der Waals surface area contributed by atoms with Gasteiger partial charge >= 0.3 is 6.09 Å². The van der Waals surface area contributed by atoms with Crippen molar-refractivity contribution in [2.24, 2.45) is 23.7 Å². The molecule has 3 saturated carbocycles. The molecule has 3 aliphatic carbocycles. The van der Waals surface area contributed by atoms with Crippen LogP contribution in [0.4, 0.5) is 4.79 Å². The third-order valence-corrected chi connectivity index (χ3v) is 7.30. The van der Waals surface area contributed by atoms with Gasteiger partial charge in [-0.25, -0.2) is 4.79 Å². The van der Waals surface area contributed by atoms with Gasteiger partial charge in [0, 0.05) is 12.6 Å². The number of carbonyl (C=O) groups excluding carboxylic acids is 3. The normalized spacial score (nSPS) is 35.7. The summed E-state index contributed by atoms with van der Waals surface area (Å²) in [5, 5.41) is 2.71. The van der Waals surface area contributed by atoms with Gasteiger partial charge in [-0.2, -0.15) is 0 Å². The van der Waals surface area contributed by atoms with Crippen LogP contribution in [0.25, 0.3) is 0 Å². The van der Waals surface area contributed by atoms with Crippen LogP contribution >= 0.6 is 0 Å². The van der Waals surface area contributed by atoms with Gasteiger partial charge in [-0.1, -0.05) is 12.1 Å². The van der Waals surface area contributed by atoms with Crippen molar-refractivity contribution in [3.8, 4) is 0 Å². The summed E-state index contributed by atoms with van der Waals surface area (Å²) in [5.74, 6) is 1.43. The first kappa shape index (κ1) is 17.7. The van der Waals surface area contributed by atoms with Gasteiger partial charge in [0.1, 0.15) is 6.10 Å². The number of benzene rings is 1. The first-order chi connectivity index (χ1) is 13.6. The largest absolute Gasteiger partial charge is 0.446 e. The fourth-order valence-corrected chi connectivity index (χ4v) is 6.37. The van der Waals surface area contributed by atoms with Crippen LogP contribution in [-0.2, 0) is 4.74 Å². The first-order valence-electron chi connectivity index (χ1n) is 10.5. The number of hydrogen-bond acceptors (Lipinski definition) is 4. The molecule has 6 nitrogen and oxygen atoms in total. The van der Waals surface area contributed by atoms with Gasteiger partial charge < -0.3 is 10.1 Å². The van der Waals surface area contributed by atoms with Crippen LogP contribution in [-0.4, -0.2) is 41.5 Å². The average molecular weight is 382 g/mol. The Balaban J connectivity index is 1.43. The molecule has 5 rings (SSSR count). The Morgan fingerprint density at radius 2 is 1.50 bits per heavy atom. The van der Waals surface area contributed by atoms with E-state index in [1.54, 1.807) is 17.0 Å². The Bertz CT molecular complexity index is 803. The maximum atomic E-state index is 13.1. The third kappa shape index (κ3) is 2.65. The second-order valence-corrected chi connectivity index (χ2v) is 8.79. The lowest BCUT2D eigenvalue weighted by atomic mass is 9.74. The molecule has 148 valence electrons. The number of nitrogens with zero attached hydrogens (tertiary/aromatic N) is 1. The Morgan fingerprint density at radius 3 is 2.11 bits per heavy atom. The highest BCUT2D eigenvalue weighted by atomic mass is 16.6. The molecule has 3 fully saturated rings. The number of nitrogens with one attached hydrogen (secondary N) is 1. The predicted octanol–water partition coefficient (Wildman–Crippen LogP) is 3.22. The van der Waals surface area contributed by atoms with Gasteiger partial charge in [0.25, 0.3) is 11.8 Å². The monoisotopic (exact) mass is 382 g/mol. The number of hydrogen-bond donors (Lipinski definition) is 1. The molecule has 1 aromatic rings. The van der Waals surface area contributed by atoms with E-state index in [1.807, 2.05) is 19.1 Å². The second kappa shape index (κ2) is 6.61. The van der Waals surface area contributed by atoms with Crippen LogP contribution in [0.1, 0.15) is 59.7 Å². The molecule has 3 amide bonds. The number of ether oxygens (including phenoxy) is 1. The molecular formula is C22H26N2O4. The Morgan fingerprint density at radius 1 is 0.964 bits per heavy atom. The van der Waals surface area contributed by atoms with E-state index in [9.17, 15) is 14.4 Å². The fourth-order valence-electron chi connectivity index (χ4n) is 6.37. The Kier molecular flexibility index (Phi) is 4.18. The zero-order valence-electron chi connectivity index (χ0n) is 16.1. The van der Waals surface area contributed by atoms with E-state index < -0.39 is 0 Å². The van der Waals surface area contributed by atoms with Crippen molar-refractivity contribution in [2.75, 3.05) is 6.54 Å². The molecule has 1 N–H and O–H groups in total. The molecule has 3 bridgehead atoms. The standard InChI is InChI=1S/C22H26N2O4/c1-2-23-22(27)28-16-10-13-9-14-7-12(13)8-15(11-16)19(14)24-20(25)17-5-3-4-6-18(17)21(24)26/h3-6,12-16,19H,2,7-11H2,1H3,(H,23,27)/t12?,13?,14?,15?,16?,19-/m0/s1. The van der Waals surface area contributed by atoms with Gasteiger partial charge in [0.15, 0.2) is 0 Å². The summed E-state index contributed by atoms with van der Waals surface area (Å²) >= 11 is 0. The third-order valence-electron chi connectivity index (χ3n) is 7.30. The molecule has 1 aromatic carbocycles. The quantitative estimate of drug-likeness (QED) is 0.815. The SMILES string of the molecule is CCNC(=O)OC1CC2CC3CC2CC(C1)[C@H]3N1C(=O)c2ccccc2C1=O. The van der Waals surface area contributed by atoms with Crippen molar-refractivity contribution in [3.05, 3.63) is 35.4 Å². The first-order valence-corrected chi connectivity index (χ1v) is 10.5. The lowest BCUT2D eigenvalue weighted by molar-refractivity contribution is 0.0206. The number of fused-ring (bicyclic) bond motifs is 3. The van der Waals surface area contributed by atoms with E-state index in [-0.39, 0.29) is 36.0 Å². The number of imide groups is 1. The van der Waals surface area contributed by atoms with Crippen molar-refractivity contribution in [2.45, 2.75) is 51.2 Å². The molecule has 0 saturated heterocycles. The number of rotatable bonds is 3. The smallest absolute Gasteiger partial charge is 0.407 e. The van der Waals surface area contributed by atoms with Crippen LogP contribution in [0.5, 0.6) is 0 Å². The highest BCUT2D eigenvalue weighted by molar-refractivity contribution is 6.21. The summed E-state index contributed by atoms with van der Waals surface area (Å²) in [6.45, 7) is 2.41. The topological polar surface area (TPSA) is 75.7 Å². The van der Waals surface area contributed by atoms with Gasteiger partial charge in [-0.05, 0) is 74.8 Å². The summed E-state index contributed by atoms with van der Waals surface area (Å²) in [6, 6.07) is 7.05. The van der Waals surface area contributed by atoms with E-state index in [4.69, 9.17) is 4.74 Å². The molecule has 0 aromatic heterocycles. The van der Waals surface area contributed by atoms with Crippen molar-refractivity contribution in [3.63, 3.8) is 0 Å². The molecule has 6 heteroatoms. The van der Waals surface area contributed by atoms with Gasteiger partial charge in [0.05, 0.1) is 11.1 Å². The maximum Gasteiger partial charge on any atom is 0.407 e. The summed E-state index contributed by atoms with van der Waals surface area (Å²) in [4.78, 5) is 39.7. The molecule has 0 spiro atoms. The van der Waals surface area contributed by atoms with E-state index in [2.05, 4.69) is 5.32 Å². The Labute approximate surface area is 164 Å². The van der Waals surface area contributed by atoms with Crippen LogP contribution < -0.4 is 5.32 Å². The maximum absolute atomic E-state index is 13.1. The second-order valence-electron chi connectivity index (χ2n) is 8.79. The summed E-state index contributed by atoms with van der Waals surface area (Å²) in [6.07, 6.45) is 4.26. The highest BCUT2D eigenvalue weighted by Gasteiger charge is 2.55. The number of amides is 3. The molecule has 1 aliphatic heterocycles. The Hall–Kier alpha value is -2.37. The molecule has 6 atom stereocenters. The average Bonchev–Trinajstić information content (AvgIpc) is 3.07. The predicted molar refractivity (Wildman–Crippen MR) is 102 cm³/mol. The zero-order valence-corrected chi connectivity index (χ0v) is 16.1. The summed E-state index contributed by atoms with van der Waals surface area (Å²) in [5.41, 5.74) is 1.05. The zero-order chi connectivity index (χ0) is 19.4. The van der Waals surface area contributed by atoms with Crippen LogP contribution in [0.15, 0.2) is 24.3 Å². The van der Waals surface area contributed by atoms with Crippen molar-refractivity contribution < 1.29 is 19.1 Å². The van der Waals surface area contributed by atoms with Crippen LogP contribution in [0, 0.1) is 23.7 Å². The number of carbonyl (C=O) groups is 3. The fraction of sp³-hybridized carbons (Fsp3) is 0.591. The molecule has 28 heavy (non-hydrogen) atoms. The van der Waals surface area contributed by atoms with Crippen molar-refractivity contribution >= 4 is 17.9 Å². The molecule has 1 heterocycles. The van der Waals surface area contributed by atoms with E-state index in [1.165, 1.54) is 0 Å². The minimum Gasteiger partial charge on any atom is -0.446 e.